The summed E-state index contributed by atoms with van der Waals surface area (Å²) in [7, 11) is 3.23. The van der Waals surface area contributed by atoms with E-state index in [0.717, 1.165) is 11.3 Å². The smallest absolute Gasteiger partial charge is 0.242 e. The van der Waals surface area contributed by atoms with Crippen molar-refractivity contribution in [3.05, 3.63) is 54.1 Å². The van der Waals surface area contributed by atoms with Gasteiger partial charge in [-0.1, -0.05) is 24.3 Å². The van der Waals surface area contributed by atoms with E-state index in [1.165, 1.54) is 0 Å². The van der Waals surface area contributed by atoms with E-state index in [4.69, 9.17) is 14.2 Å². The number of nitrogens with zero attached hydrogens (tertiary/aromatic N) is 1. The zero-order valence-electron chi connectivity index (χ0n) is 19.0. The van der Waals surface area contributed by atoms with Gasteiger partial charge in [0.15, 0.2) is 17.5 Å². The van der Waals surface area contributed by atoms with Crippen LogP contribution in [0.25, 0.3) is 0 Å². The van der Waals surface area contributed by atoms with Crippen LogP contribution in [-0.2, 0) is 11.3 Å². The molecule has 0 radical (unpaired) electrons. The number of benzene rings is 2. The Hall–Kier alpha value is -2.69. The highest BCUT2D eigenvalue weighted by atomic mass is 127. The normalized spacial score (nSPS) is 11.6. The lowest BCUT2D eigenvalue weighted by Crippen LogP contribution is -2.42. The van der Waals surface area contributed by atoms with Gasteiger partial charge in [0.1, 0.15) is 18.4 Å². The molecule has 0 aromatic heterocycles. The fourth-order valence-corrected chi connectivity index (χ4v) is 2.71. The van der Waals surface area contributed by atoms with Crippen molar-refractivity contribution in [2.75, 3.05) is 33.9 Å². The minimum absolute atomic E-state index is 0. The van der Waals surface area contributed by atoms with Gasteiger partial charge in [0.25, 0.3) is 0 Å². The molecule has 2 rings (SSSR count). The number of carbonyl (C=O) groups is 1. The van der Waals surface area contributed by atoms with Crippen molar-refractivity contribution in [3.8, 4) is 17.2 Å². The van der Waals surface area contributed by atoms with Crippen molar-refractivity contribution in [1.82, 2.24) is 16.0 Å². The molecule has 32 heavy (non-hydrogen) atoms. The number of ether oxygens (including phenoxy) is 3. The van der Waals surface area contributed by atoms with Crippen LogP contribution in [0.3, 0.4) is 0 Å². The van der Waals surface area contributed by atoms with Gasteiger partial charge in [0.2, 0.25) is 5.91 Å². The Morgan fingerprint density at radius 3 is 2.28 bits per heavy atom. The Balaban J connectivity index is 0.00000512. The SMILES string of the molecule is CCNC(=NCC(=O)NCc1ccc(OC)cc1)NCC(C)Oc1ccccc1OC.I. The highest BCUT2D eigenvalue weighted by Gasteiger charge is 2.10. The first-order valence-electron chi connectivity index (χ1n) is 10.3. The van der Waals surface area contributed by atoms with Crippen LogP contribution in [0.5, 0.6) is 17.2 Å². The molecule has 0 bridgehead atoms. The number of carbonyl (C=O) groups excluding carboxylic acids is 1. The third kappa shape index (κ3) is 9.63. The Labute approximate surface area is 207 Å². The molecular formula is C23H33IN4O4. The number of hydrogen-bond acceptors (Lipinski definition) is 5. The van der Waals surface area contributed by atoms with E-state index >= 15 is 0 Å². The first kappa shape index (κ1) is 27.3. The lowest BCUT2D eigenvalue weighted by molar-refractivity contribution is -0.119. The van der Waals surface area contributed by atoms with Gasteiger partial charge in [-0.15, -0.1) is 24.0 Å². The summed E-state index contributed by atoms with van der Waals surface area (Å²) < 4.78 is 16.4. The molecule has 8 nitrogen and oxygen atoms in total. The average Bonchev–Trinajstić information content (AvgIpc) is 2.80. The maximum Gasteiger partial charge on any atom is 0.242 e. The molecule has 2 aromatic carbocycles. The van der Waals surface area contributed by atoms with Gasteiger partial charge in [-0.25, -0.2) is 4.99 Å². The predicted molar refractivity (Wildman–Crippen MR) is 137 cm³/mol. The highest BCUT2D eigenvalue weighted by molar-refractivity contribution is 14.0. The van der Waals surface area contributed by atoms with Crippen molar-refractivity contribution in [2.45, 2.75) is 26.5 Å². The second kappa shape index (κ2) is 15.2. The standard InChI is InChI=1S/C23H32N4O4.HI/c1-5-24-23(26-14-17(2)31-21-9-7-6-8-20(21)30-4)27-16-22(28)25-15-18-10-12-19(29-3)13-11-18;/h6-13,17H,5,14-16H2,1-4H3,(H,25,28)(H2,24,26,27);1H. The lowest BCUT2D eigenvalue weighted by atomic mass is 10.2. The van der Waals surface area contributed by atoms with E-state index in [1.54, 1.807) is 14.2 Å². The lowest BCUT2D eigenvalue weighted by Gasteiger charge is -2.19. The van der Waals surface area contributed by atoms with Crippen molar-refractivity contribution in [1.29, 1.82) is 0 Å². The molecule has 3 N–H and O–H groups in total. The third-order valence-electron chi connectivity index (χ3n) is 4.33. The third-order valence-corrected chi connectivity index (χ3v) is 4.33. The average molecular weight is 556 g/mol. The molecule has 2 aromatic rings. The van der Waals surface area contributed by atoms with Gasteiger partial charge >= 0.3 is 0 Å². The quantitative estimate of drug-likeness (QED) is 0.224. The number of rotatable bonds is 11. The van der Waals surface area contributed by atoms with Crippen molar-refractivity contribution < 1.29 is 19.0 Å². The first-order valence-corrected chi connectivity index (χ1v) is 10.3. The molecule has 176 valence electrons. The van der Waals surface area contributed by atoms with Crippen LogP contribution in [-0.4, -0.2) is 51.8 Å². The molecule has 0 aliphatic rings. The Morgan fingerprint density at radius 2 is 1.66 bits per heavy atom. The molecule has 0 aliphatic heterocycles. The summed E-state index contributed by atoms with van der Waals surface area (Å²) in [5.41, 5.74) is 0.991. The Kier molecular flexibility index (Phi) is 13.0. The van der Waals surface area contributed by atoms with Gasteiger partial charge < -0.3 is 30.2 Å². The minimum atomic E-state index is -0.161. The number of guanidine groups is 1. The molecule has 0 spiro atoms. The number of methoxy groups -OCH3 is 2. The molecule has 0 heterocycles. The fraction of sp³-hybridized carbons (Fsp3) is 0.391. The predicted octanol–water partition coefficient (Wildman–Crippen LogP) is 2.96. The first-order chi connectivity index (χ1) is 15.0. The maximum absolute atomic E-state index is 12.2. The monoisotopic (exact) mass is 556 g/mol. The summed E-state index contributed by atoms with van der Waals surface area (Å²) in [6, 6.07) is 15.1. The van der Waals surface area contributed by atoms with Crippen LogP contribution in [0.2, 0.25) is 0 Å². The number of aliphatic imine (C=N–C) groups is 1. The second-order valence-electron chi connectivity index (χ2n) is 6.78. The summed E-state index contributed by atoms with van der Waals surface area (Å²) in [6.07, 6.45) is -0.135. The molecule has 1 atom stereocenters. The zero-order valence-corrected chi connectivity index (χ0v) is 21.3. The van der Waals surface area contributed by atoms with Gasteiger partial charge in [-0.2, -0.15) is 0 Å². The number of nitrogens with one attached hydrogen (secondary N) is 3. The number of para-hydroxylation sites is 2. The summed E-state index contributed by atoms with van der Waals surface area (Å²) >= 11 is 0. The van der Waals surface area contributed by atoms with E-state index in [-0.39, 0.29) is 42.5 Å². The summed E-state index contributed by atoms with van der Waals surface area (Å²) in [4.78, 5) is 16.5. The van der Waals surface area contributed by atoms with Crippen LogP contribution in [0.15, 0.2) is 53.5 Å². The Morgan fingerprint density at radius 1 is 0.969 bits per heavy atom. The number of hydrogen-bond donors (Lipinski definition) is 3. The minimum Gasteiger partial charge on any atom is -0.497 e. The highest BCUT2D eigenvalue weighted by Crippen LogP contribution is 2.26. The molecule has 0 aliphatic carbocycles. The van der Waals surface area contributed by atoms with Gasteiger partial charge in [-0.05, 0) is 43.7 Å². The van der Waals surface area contributed by atoms with Crippen molar-refractivity contribution in [2.24, 2.45) is 4.99 Å². The molecule has 0 saturated carbocycles. The fourth-order valence-electron chi connectivity index (χ4n) is 2.71. The summed E-state index contributed by atoms with van der Waals surface area (Å²) in [5, 5.41) is 9.19. The molecule has 0 fully saturated rings. The van der Waals surface area contributed by atoms with Crippen LogP contribution in [0.4, 0.5) is 0 Å². The Bertz CT molecular complexity index is 846. The van der Waals surface area contributed by atoms with Crippen molar-refractivity contribution >= 4 is 35.8 Å². The molecular weight excluding hydrogens is 523 g/mol. The molecule has 1 amide bonds. The van der Waals surface area contributed by atoms with Crippen LogP contribution < -0.4 is 30.2 Å². The molecule has 0 saturated heterocycles. The van der Waals surface area contributed by atoms with Gasteiger partial charge in [0, 0.05) is 13.1 Å². The van der Waals surface area contributed by atoms with E-state index in [0.29, 0.717) is 37.1 Å². The van der Waals surface area contributed by atoms with E-state index in [9.17, 15) is 4.79 Å². The van der Waals surface area contributed by atoms with E-state index in [2.05, 4.69) is 20.9 Å². The number of halogens is 1. The topological polar surface area (TPSA) is 93.2 Å². The van der Waals surface area contributed by atoms with Crippen LogP contribution >= 0.6 is 24.0 Å². The second-order valence-corrected chi connectivity index (χ2v) is 6.78. The van der Waals surface area contributed by atoms with Gasteiger partial charge in [0.05, 0.1) is 20.8 Å². The maximum atomic E-state index is 12.2. The summed E-state index contributed by atoms with van der Waals surface area (Å²) in [5.74, 6) is 2.54. The van der Waals surface area contributed by atoms with E-state index < -0.39 is 0 Å². The molecule has 9 heteroatoms. The van der Waals surface area contributed by atoms with Gasteiger partial charge in [-0.3, -0.25) is 4.79 Å². The van der Waals surface area contributed by atoms with Crippen molar-refractivity contribution in [3.63, 3.8) is 0 Å². The van der Waals surface area contributed by atoms with Crippen LogP contribution in [0.1, 0.15) is 19.4 Å². The molecule has 1 unspecified atom stereocenters. The zero-order chi connectivity index (χ0) is 22.5. The largest absolute Gasteiger partial charge is 0.497 e. The summed E-state index contributed by atoms with van der Waals surface area (Å²) in [6.45, 7) is 5.57. The number of amides is 1. The van der Waals surface area contributed by atoms with Crippen LogP contribution in [0, 0.1) is 0 Å². The van der Waals surface area contributed by atoms with E-state index in [1.807, 2.05) is 62.4 Å².